The molecule has 0 unspecified atom stereocenters. The quantitative estimate of drug-likeness (QED) is 0.408. The van der Waals surface area contributed by atoms with Gasteiger partial charge in [-0.05, 0) is 17.5 Å². The van der Waals surface area contributed by atoms with E-state index in [1.54, 1.807) is 0 Å². The highest BCUT2D eigenvalue weighted by atomic mass is 35.5. The number of nitrogens with zero attached hydrogens (tertiary/aromatic N) is 1. The van der Waals surface area contributed by atoms with E-state index in [9.17, 15) is 19.7 Å². The lowest BCUT2D eigenvalue weighted by Gasteiger charge is -2.07. The number of ether oxygens (including phenoxy) is 2. The number of carbonyl (C=O) groups is 2. The topological polar surface area (TPSA) is 95.7 Å². The van der Waals surface area contributed by atoms with E-state index in [0.29, 0.717) is 12.2 Å². The second kappa shape index (κ2) is 9.09. The number of hydrogen-bond donors (Lipinski definition) is 0. The highest BCUT2D eigenvalue weighted by Gasteiger charge is 2.14. The zero-order chi connectivity index (χ0) is 17.4. The summed E-state index contributed by atoms with van der Waals surface area (Å²) in [7, 11) is 0. The fraction of sp³-hybridized carbons (Fsp3) is 0.467. The molecular weight excluding hydrogens is 326 g/mol. The van der Waals surface area contributed by atoms with Gasteiger partial charge in [0.2, 0.25) is 0 Å². The van der Waals surface area contributed by atoms with Gasteiger partial charge in [-0.15, -0.1) is 0 Å². The lowest BCUT2D eigenvalue weighted by molar-refractivity contribution is -0.384. The first-order valence-corrected chi connectivity index (χ1v) is 7.41. The van der Waals surface area contributed by atoms with E-state index in [0.717, 1.165) is 0 Å². The molecule has 0 aliphatic rings. The van der Waals surface area contributed by atoms with Crippen LogP contribution < -0.4 is 0 Å². The van der Waals surface area contributed by atoms with Crippen LogP contribution in [-0.4, -0.2) is 23.5 Å². The summed E-state index contributed by atoms with van der Waals surface area (Å²) in [4.78, 5) is 33.1. The van der Waals surface area contributed by atoms with Gasteiger partial charge in [-0.3, -0.25) is 19.7 Å². The minimum absolute atomic E-state index is 0.0120. The number of nitro benzene ring substituents is 1. The first-order chi connectivity index (χ1) is 10.8. The Labute approximate surface area is 138 Å². The molecule has 126 valence electrons. The van der Waals surface area contributed by atoms with Crippen LogP contribution in [0.2, 0.25) is 5.02 Å². The normalized spacial score (nSPS) is 10.4. The van der Waals surface area contributed by atoms with Gasteiger partial charge in [0.15, 0.2) is 0 Å². The minimum atomic E-state index is -0.613. The van der Waals surface area contributed by atoms with Crippen LogP contribution in [0.3, 0.4) is 0 Å². The molecule has 23 heavy (non-hydrogen) atoms. The Hall–Kier alpha value is -2.15. The standard InChI is InChI=1S/C15H18ClNO6/c1-10(2)8-22-14(18)5-6-15(19)23-9-11-3-4-12(16)13(7-11)17(20)21/h3-4,7,10H,5-6,8-9H2,1-2H3. The Morgan fingerprint density at radius 2 is 1.83 bits per heavy atom. The summed E-state index contributed by atoms with van der Waals surface area (Å²) in [5.41, 5.74) is 0.189. The third-order valence-electron chi connectivity index (χ3n) is 2.72. The van der Waals surface area contributed by atoms with Gasteiger partial charge in [0.05, 0.1) is 24.4 Å². The average Bonchev–Trinajstić information content (AvgIpc) is 2.49. The molecule has 0 spiro atoms. The average molecular weight is 344 g/mol. The third kappa shape index (κ3) is 7.10. The summed E-state index contributed by atoms with van der Waals surface area (Å²) in [6, 6.07) is 4.14. The summed E-state index contributed by atoms with van der Waals surface area (Å²) < 4.78 is 9.90. The predicted octanol–water partition coefficient (Wildman–Crippen LogP) is 3.27. The van der Waals surface area contributed by atoms with Crippen molar-refractivity contribution >= 4 is 29.2 Å². The number of halogens is 1. The van der Waals surface area contributed by atoms with Gasteiger partial charge >= 0.3 is 11.9 Å². The molecule has 1 rings (SSSR count). The smallest absolute Gasteiger partial charge is 0.306 e. The fourth-order valence-electron chi connectivity index (χ4n) is 1.56. The monoisotopic (exact) mass is 343 g/mol. The van der Waals surface area contributed by atoms with Gasteiger partial charge in [-0.1, -0.05) is 31.5 Å². The minimum Gasteiger partial charge on any atom is -0.465 e. The second-order valence-corrected chi connectivity index (χ2v) is 5.69. The molecular formula is C15H18ClNO6. The Morgan fingerprint density at radius 1 is 1.22 bits per heavy atom. The zero-order valence-electron chi connectivity index (χ0n) is 12.9. The third-order valence-corrected chi connectivity index (χ3v) is 3.04. The van der Waals surface area contributed by atoms with Crippen molar-refractivity contribution in [1.29, 1.82) is 0 Å². The van der Waals surface area contributed by atoms with Crippen LogP contribution >= 0.6 is 11.6 Å². The molecule has 0 fully saturated rings. The van der Waals surface area contributed by atoms with Gasteiger partial charge in [0.25, 0.3) is 5.69 Å². The highest BCUT2D eigenvalue weighted by Crippen LogP contribution is 2.25. The molecule has 0 aliphatic carbocycles. The molecule has 0 aromatic heterocycles. The van der Waals surface area contributed by atoms with E-state index in [2.05, 4.69) is 0 Å². The van der Waals surface area contributed by atoms with Crippen molar-refractivity contribution in [3.8, 4) is 0 Å². The summed E-state index contributed by atoms with van der Waals surface area (Å²) in [5, 5.41) is 10.8. The number of esters is 2. The van der Waals surface area contributed by atoms with Crippen molar-refractivity contribution in [2.24, 2.45) is 5.92 Å². The van der Waals surface area contributed by atoms with Crippen LogP contribution in [-0.2, 0) is 25.7 Å². The molecule has 1 aromatic rings. The molecule has 0 radical (unpaired) electrons. The molecule has 0 bridgehead atoms. The van der Waals surface area contributed by atoms with Crippen molar-refractivity contribution in [1.82, 2.24) is 0 Å². The molecule has 8 heteroatoms. The molecule has 0 saturated carbocycles. The largest absolute Gasteiger partial charge is 0.465 e. The first-order valence-electron chi connectivity index (χ1n) is 7.03. The SMILES string of the molecule is CC(C)COC(=O)CCC(=O)OCc1ccc(Cl)c([N+](=O)[O-])c1. The number of carbonyl (C=O) groups excluding carboxylic acids is 2. The van der Waals surface area contributed by atoms with E-state index >= 15 is 0 Å². The molecule has 7 nitrogen and oxygen atoms in total. The lowest BCUT2D eigenvalue weighted by atomic mass is 10.2. The van der Waals surface area contributed by atoms with Crippen molar-refractivity contribution in [3.63, 3.8) is 0 Å². The summed E-state index contributed by atoms with van der Waals surface area (Å²) in [6.07, 6.45) is -0.168. The number of benzene rings is 1. The van der Waals surface area contributed by atoms with Crippen molar-refractivity contribution in [2.75, 3.05) is 6.61 Å². The molecule has 0 aliphatic heterocycles. The first kappa shape index (κ1) is 18.9. The van der Waals surface area contributed by atoms with Crippen molar-refractivity contribution in [2.45, 2.75) is 33.3 Å². The molecule has 0 amide bonds. The Bertz CT molecular complexity index is 587. The maximum Gasteiger partial charge on any atom is 0.306 e. The zero-order valence-corrected chi connectivity index (χ0v) is 13.7. The van der Waals surface area contributed by atoms with Gasteiger partial charge in [-0.25, -0.2) is 0 Å². The van der Waals surface area contributed by atoms with Crippen LogP contribution in [0.1, 0.15) is 32.3 Å². The number of hydrogen-bond acceptors (Lipinski definition) is 6. The molecule has 1 aromatic carbocycles. The second-order valence-electron chi connectivity index (χ2n) is 5.28. The maximum absolute atomic E-state index is 11.6. The van der Waals surface area contributed by atoms with Crippen LogP contribution in [0.25, 0.3) is 0 Å². The number of rotatable bonds is 8. The maximum atomic E-state index is 11.6. The van der Waals surface area contributed by atoms with E-state index in [1.807, 2.05) is 13.8 Å². The van der Waals surface area contributed by atoms with Crippen molar-refractivity contribution < 1.29 is 24.0 Å². The Morgan fingerprint density at radius 3 is 2.39 bits per heavy atom. The predicted molar refractivity (Wildman–Crippen MR) is 82.9 cm³/mol. The number of nitro groups is 1. The molecule has 0 heterocycles. The highest BCUT2D eigenvalue weighted by molar-refractivity contribution is 6.32. The van der Waals surface area contributed by atoms with Gasteiger partial charge in [0, 0.05) is 6.07 Å². The van der Waals surface area contributed by atoms with Crippen molar-refractivity contribution in [3.05, 3.63) is 38.9 Å². The van der Waals surface area contributed by atoms with Gasteiger partial charge in [0.1, 0.15) is 11.6 Å². The molecule has 0 atom stereocenters. The van der Waals surface area contributed by atoms with Gasteiger partial charge in [-0.2, -0.15) is 0 Å². The van der Waals surface area contributed by atoms with Crippen LogP contribution in [0.4, 0.5) is 5.69 Å². The van der Waals surface area contributed by atoms with E-state index in [4.69, 9.17) is 21.1 Å². The van der Waals surface area contributed by atoms with Crippen LogP contribution in [0.5, 0.6) is 0 Å². The lowest BCUT2D eigenvalue weighted by Crippen LogP contribution is -2.13. The van der Waals surface area contributed by atoms with E-state index < -0.39 is 16.9 Å². The fourth-order valence-corrected chi connectivity index (χ4v) is 1.75. The Kier molecular flexibility index (Phi) is 7.47. The van der Waals surface area contributed by atoms with E-state index in [1.165, 1.54) is 18.2 Å². The van der Waals surface area contributed by atoms with Gasteiger partial charge < -0.3 is 9.47 Å². The summed E-state index contributed by atoms with van der Waals surface area (Å²) in [5.74, 6) is -0.812. The molecule has 0 N–H and O–H groups in total. The summed E-state index contributed by atoms with van der Waals surface area (Å²) >= 11 is 5.69. The van der Waals surface area contributed by atoms with Crippen LogP contribution in [0, 0.1) is 16.0 Å². The Balaban J connectivity index is 2.40. The van der Waals surface area contributed by atoms with Crippen LogP contribution in [0.15, 0.2) is 18.2 Å². The van der Waals surface area contributed by atoms with E-state index in [-0.39, 0.29) is 36.1 Å². The molecule has 0 saturated heterocycles. The summed E-state index contributed by atoms with van der Waals surface area (Å²) in [6.45, 7) is 4.00.